The average molecular weight is 330 g/mol. The van der Waals surface area contributed by atoms with E-state index in [0.29, 0.717) is 19.3 Å². The van der Waals surface area contributed by atoms with Gasteiger partial charge in [0.25, 0.3) is 5.91 Å². The van der Waals surface area contributed by atoms with Crippen molar-refractivity contribution in [2.24, 2.45) is 5.92 Å². The molecule has 1 amide bonds. The Bertz CT molecular complexity index is 521. The maximum absolute atomic E-state index is 13.7. The van der Waals surface area contributed by atoms with E-state index in [0.717, 1.165) is 0 Å². The number of hydrogen-bond acceptors (Lipinski definition) is 2. The first-order valence-electron chi connectivity index (χ1n) is 5.96. The predicted molar refractivity (Wildman–Crippen MR) is 70.3 cm³/mol. The molecule has 1 fully saturated rings. The molecule has 19 heavy (non-hydrogen) atoms. The summed E-state index contributed by atoms with van der Waals surface area (Å²) in [6, 6.07) is 4.30. The van der Waals surface area contributed by atoms with Gasteiger partial charge < -0.3 is 10.4 Å². The zero-order chi connectivity index (χ0) is 14.0. The predicted octanol–water partition coefficient (Wildman–Crippen LogP) is 2.57. The van der Waals surface area contributed by atoms with Crippen molar-refractivity contribution < 1.29 is 19.1 Å². The lowest BCUT2D eigenvalue weighted by molar-refractivity contribution is -0.141. The molecule has 2 rings (SSSR count). The van der Waals surface area contributed by atoms with Crippen LogP contribution in [0.25, 0.3) is 0 Å². The maximum atomic E-state index is 13.7. The van der Waals surface area contributed by atoms with Crippen molar-refractivity contribution in [3.8, 4) is 0 Å². The Balaban J connectivity index is 2.02. The summed E-state index contributed by atoms with van der Waals surface area (Å²) in [6.45, 7) is 0. The molecule has 0 bridgehead atoms. The Labute approximate surface area is 118 Å². The Morgan fingerprint density at radius 2 is 2.11 bits per heavy atom. The molecule has 6 heteroatoms. The SMILES string of the molecule is O=C(NC1CCC(C(=O)O)C1)c1cccc(Br)c1F. The standard InChI is InChI=1S/C13H13BrFNO3/c14-10-3-1-2-9(11(10)15)12(17)16-8-5-4-7(6-8)13(18)19/h1-3,7-8H,4-6H2,(H,16,17)(H,18,19). The highest BCUT2D eigenvalue weighted by atomic mass is 79.9. The van der Waals surface area contributed by atoms with Crippen LogP contribution in [0.3, 0.4) is 0 Å². The lowest BCUT2D eigenvalue weighted by atomic mass is 10.1. The van der Waals surface area contributed by atoms with Gasteiger partial charge in [-0.1, -0.05) is 6.07 Å². The van der Waals surface area contributed by atoms with E-state index in [1.54, 1.807) is 6.07 Å². The van der Waals surface area contributed by atoms with Crippen LogP contribution in [0.15, 0.2) is 22.7 Å². The molecule has 2 unspecified atom stereocenters. The third kappa shape index (κ3) is 3.12. The fourth-order valence-corrected chi connectivity index (χ4v) is 2.65. The van der Waals surface area contributed by atoms with Gasteiger partial charge in [-0.3, -0.25) is 9.59 Å². The van der Waals surface area contributed by atoms with Gasteiger partial charge in [-0.25, -0.2) is 4.39 Å². The minimum Gasteiger partial charge on any atom is -0.481 e. The van der Waals surface area contributed by atoms with E-state index < -0.39 is 23.6 Å². The van der Waals surface area contributed by atoms with Crippen LogP contribution < -0.4 is 5.32 Å². The normalized spacial score (nSPS) is 22.2. The van der Waals surface area contributed by atoms with Crippen molar-refractivity contribution in [2.75, 3.05) is 0 Å². The van der Waals surface area contributed by atoms with Crippen LogP contribution in [0.1, 0.15) is 29.6 Å². The second-order valence-electron chi connectivity index (χ2n) is 4.62. The second-order valence-corrected chi connectivity index (χ2v) is 5.47. The Morgan fingerprint density at radius 3 is 2.74 bits per heavy atom. The highest BCUT2D eigenvalue weighted by Crippen LogP contribution is 2.26. The number of hydrogen-bond donors (Lipinski definition) is 2. The quantitative estimate of drug-likeness (QED) is 0.895. The number of rotatable bonds is 3. The zero-order valence-corrected chi connectivity index (χ0v) is 11.6. The maximum Gasteiger partial charge on any atom is 0.306 e. The molecule has 1 aromatic carbocycles. The van der Waals surface area contributed by atoms with Crippen LogP contribution in [-0.4, -0.2) is 23.0 Å². The summed E-state index contributed by atoms with van der Waals surface area (Å²) in [5.74, 6) is -2.37. The molecular formula is C13H13BrFNO3. The Kier molecular flexibility index (Phi) is 4.19. The molecule has 1 aliphatic rings. The second kappa shape index (κ2) is 5.69. The third-order valence-electron chi connectivity index (χ3n) is 3.31. The Hall–Kier alpha value is -1.43. The molecule has 2 N–H and O–H groups in total. The van der Waals surface area contributed by atoms with Gasteiger partial charge in [-0.05, 0) is 47.3 Å². The van der Waals surface area contributed by atoms with Crippen molar-refractivity contribution in [1.29, 1.82) is 0 Å². The molecule has 4 nitrogen and oxygen atoms in total. The van der Waals surface area contributed by atoms with Crippen molar-refractivity contribution in [2.45, 2.75) is 25.3 Å². The topological polar surface area (TPSA) is 66.4 Å². The average Bonchev–Trinajstić information content (AvgIpc) is 2.81. The van der Waals surface area contributed by atoms with Gasteiger partial charge in [0.2, 0.25) is 0 Å². The number of aliphatic carboxylic acids is 1. The van der Waals surface area contributed by atoms with Gasteiger partial charge in [0.1, 0.15) is 5.82 Å². The van der Waals surface area contributed by atoms with Crippen molar-refractivity contribution in [3.05, 3.63) is 34.1 Å². The summed E-state index contributed by atoms with van der Waals surface area (Å²) in [5, 5.41) is 11.6. The highest BCUT2D eigenvalue weighted by Gasteiger charge is 2.31. The smallest absolute Gasteiger partial charge is 0.306 e. The van der Waals surface area contributed by atoms with E-state index in [9.17, 15) is 14.0 Å². The molecule has 0 heterocycles. The zero-order valence-electron chi connectivity index (χ0n) is 10.0. The highest BCUT2D eigenvalue weighted by molar-refractivity contribution is 9.10. The number of halogens is 2. The molecular weight excluding hydrogens is 317 g/mol. The van der Waals surface area contributed by atoms with E-state index in [4.69, 9.17) is 5.11 Å². The van der Waals surface area contributed by atoms with Gasteiger partial charge in [0.05, 0.1) is 16.0 Å². The number of carbonyl (C=O) groups excluding carboxylic acids is 1. The number of carboxylic acids is 1. The van der Waals surface area contributed by atoms with Crippen LogP contribution >= 0.6 is 15.9 Å². The first kappa shape index (κ1) is 14.0. The van der Waals surface area contributed by atoms with Crippen LogP contribution in [-0.2, 0) is 4.79 Å². The molecule has 0 aliphatic heterocycles. The van der Waals surface area contributed by atoms with Crippen LogP contribution in [0.2, 0.25) is 0 Å². The number of carboxylic acid groups (broad SMARTS) is 1. The van der Waals surface area contributed by atoms with E-state index in [1.807, 2.05) is 0 Å². The van der Waals surface area contributed by atoms with Gasteiger partial charge in [-0.15, -0.1) is 0 Å². The van der Waals surface area contributed by atoms with Crippen LogP contribution in [0.4, 0.5) is 4.39 Å². The van der Waals surface area contributed by atoms with E-state index in [1.165, 1.54) is 12.1 Å². The summed E-state index contributed by atoms with van der Waals surface area (Å²) in [4.78, 5) is 22.8. The first-order valence-corrected chi connectivity index (χ1v) is 6.76. The monoisotopic (exact) mass is 329 g/mol. The molecule has 2 atom stereocenters. The third-order valence-corrected chi connectivity index (χ3v) is 3.93. The number of benzene rings is 1. The fraction of sp³-hybridized carbons (Fsp3) is 0.385. The van der Waals surface area contributed by atoms with Crippen molar-refractivity contribution >= 4 is 27.8 Å². The fourth-order valence-electron chi connectivity index (χ4n) is 2.28. The van der Waals surface area contributed by atoms with Gasteiger partial charge in [-0.2, -0.15) is 0 Å². The summed E-state index contributed by atoms with van der Waals surface area (Å²) in [7, 11) is 0. The van der Waals surface area contributed by atoms with Gasteiger partial charge in [0.15, 0.2) is 0 Å². The summed E-state index contributed by atoms with van der Waals surface area (Å²) in [5.41, 5.74) is -0.0341. The molecule has 0 radical (unpaired) electrons. The lowest BCUT2D eigenvalue weighted by Gasteiger charge is -2.13. The Morgan fingerprint density at radius 1 is 1.37 bits per heavy atom. The van der Waals surface area contributed by atoms with Crippen molar-refractivity contribution in [3.63, 3.8) is 0 Å². The molecule has 0 aromatic heterocycles. The molecule has 102 valence electrons. The number of carbonyl (C=O) groups is 2. The molecule has 1 aromatic rings. The van der Waals surface area contributed by atoms with Crippen LogP contribution in [0.5, 0.6) is 0 Å². The van der Waals surface area contributed by atoms with E-state index in [2.05, 4.69) is 21.2 Å². The van der Waals surface area contributed by atoms with E-state index in [-0.39, 0.29) is 16.1 Å². The number of amides is 1. The van der Waals surface area contributed by atoms with Crippen molar-refractivity contribution in [1.82, 2.24) is 5.32 Å². The number of nitrogens with one attached hydrogen (secondary N) is 1. The molecule has 0 spiro atoms. The first-order chi connectivity index (χ1) is 8.99. The summed E-state index contributed by atoms with van der Waals surface area (Å²) >= 11 is 3.02. The minimum atomic E-state index is -0.842. The molecule has 0 saturated heterocycles. The largest absolute Gasteiger partial charge is 0.481 e. The molecule has 1 saturated carbocycles. The van der Waals surface area contributed by atoms with E-state index >= 15 is 0 Å². The summed E-state index contributed by atoms with van der Waals surface area (Å²) in [6.07, 6.45) is 1.55. The van der Waals surface area contributed by atoms with Crippen LogP contribution in [0, 0.1) is 11.7 Å². The van der Waals surface area contributed by atoms with Gasteiger partial charge in [0, 0.05) is 6.04 Å². The molecule has 1 aliphatic carbocycles. The minimum absolute atomic E-state index is 0.0341. The summed E-state index contributed by atoms with van der Waals surface area (Å²) < 4.78 is 14.0. The lowest BCUT2D eigenvalue weighted by Crippen LogP contribution is -2.33. The van der Waals surface area contributed by atoms with Gasteiger partial charge >= 0.3 is 5.97 Å².